The van der Waals surface area contributed by atoms with Gasteiger partial charge in [0.05, 0.1) is 12.6 Å². The van der Waals surface area contributed by atoms with Crippen LogP contribution in [0.15, 0.2) is 0 Å². The topological polar surface area (TPSA) is 341 Å². The van der Waals surface area contributed by atoms with Gasteiger partial charge in [-0.2, -0.15) is 0 Å². The number of hydrogen-bond acceptors (Lipinski definition) is 20. The predicted molar refractivity (Wildman–Crippen MR) is 205 cm³/mol. The van der Waals surface area contributed by atoms with Crippen LogP contribution in [0, 0.1) is 0 Å². The van der Waals surface area contributed by atoms with Crippen LogP contribution in [0.2, 0.25) is 0 Å². The largest absolute Gasteiger partial charge is 0.444 e. The van der Waals surface area contributed by atoms with Gasteiger partial charge in [0.2, 0.25) is 0 Å². The normalized spacial score (nSPS) is 35.0. The predicted octanol–water partition coefficient (Wildman–Crippen LogP) is -1.49. The average Bonchev–Trinajstić information content (AvgIpc) is 3.07. The SMILES string of the molecule is CC(C)(C)OC(=O)NCC1O[C@H](O[C@@H]2C(NC(=O)OC(C)(C)C)O[C@@H](NC(=O)OC(C)(C)C)[C@@H](O[C@H]3OC(CO)[C@@H](O)[C@@H](NC(=O)OC(C)(C)C)C3O)C2O)C(O)[C@@H](O)[C@@H]1O. The Hall–Kier alpha value is -3.40. The molecule has 0 saturated carbocycles. The zero-order chi connectivity index (χ0) is 46.6. The van der Waals surface area contributed by atoms with Crippen LogP contribution in [0.4, 0.5) is 19.2 Å². The lowest BCUT2D eigenvalue weighted by atomic mass is 9.95. The fourth-order valence-corrected chi connectivity index (χ4v) is 6.06. The van der Waals surface area contributed by atoms with Crippen molar-refractivity contribution in [3.05, 3.63) is 0 Å². The highest BCUT2D eigenvalue weighted by Crippen LogP contribution is 2.33. The molecule has 3 aliphatic rings. The van der Waals surface area contributed by atoms with Crippen LogP contribution in [0.5, 0.6) is 0 Å². The van der Waals surface area contributed by atoms with Gasteiger partial charge in [-0.05, 0) is 83.1 Å². The second-order valence-electron chi connectivity index (χ2n) is 18.7. The van der Waals surface area contributed by atoms with Crippen molar-refractivity contribution in [2.24, 2.45) is 0 Å². The van der Waals surface area contributed by atoms with E-state index in [1.807, 2.05) is 0 Å². The maximum Gasteiger partial charge on any atom is 0.409 e. The van der Waals surface area contributed by atoms with E-state index in [1.165, 1.54) is 0 Å². The van der Waals surface area contributed by atoms with E-state index < -0.39 is 152 Å². The third-order valence-electron chi connectivity index (χ3n) is 8.55. The molecule has 24 nitrogen and oxygen atoms in total. The summed E-state index contributed by atoms with van der Waals surface area (Å²) >= 11 is 0. The Morgan fingerprint density at radius 1 is 0.475 bits per heavy atom. The third-order valence-corrected chi connectivity index (χ3v) is 8.55. The molecule has 0 aliphatic carbocycles. The van der Waals surface area contributed by atoms with Gasteiger partial charge in [-0.15, -0.1) is 0 Å². The monoisotopic (exact) mass is 886 g/mol. The van der Waals surface area contributed by atoms with Crippen molar-refractivity contribution in [3.63, 3.8) is 0 Å². The van der Waals surface area contributed by atoms with E-state index in [4.69, 9.17) is 42.6 Å². The molecule has 11 N–H and O–H groups in total. The number of alkyl carbamates (subject to hydrolysis) is 4. The average molecular weight is 887 g/mol. The van der Waals surface area contributed by atoms with Crippen LogP contribution < -0.4 is 21.3 Å². The van der Waals surface area contributed by atoms with Crippen molar-refractivity contribution in [1.29, 1.82) is 0 Å². The number of rotatable bonds is 10. The summed E-state index contributed by atoms with van der Waals surface area (Å²) in [5.41, 5.74) is -4.04. The van der Waals surface area contributed by atoms with E-state index in [2.05, 4.69) is 21.3 Å². The third kappa shape index (κ3) is 15.7. The summed E-state index contributed by atoms with van der Waals surface area (Å²) in [6.45, 7) is 17.5. The zero-order valence-corrected chi connectivity index (χ0v) is 36.5. The van der Waals surface area contributed by atoms with Gasteiger partial charge in [-0.3, -0.25) is 10.6 Å². The van der Waals surface area contributed by atoms with E-state index in [9.17, 15) is 54.9 Å². The highest BCUT2D eigenvalue weighted by Gasteiger charge is 2.55. The summed E-state index contributed by atoms with van der Waals surface area (Å²) in [5, 5.41) is 86.6. The summed E-state index contributed by atoms with van der Waals surface area (Å²) in [7, 11) is 0. The van der Waals surface area contributed by atoms with Gasteiger partial charge < -0.3 is 89.0 Å². The summed E-state index contributed by atoms with van der Waals surface area (Å²) < 4.78 is 50.6. The molecule has 3 rings (SSSR count). The lowest BCUT2D eigenvalue weighted by Gasteiger charge is -2.49. The quantitative estimate of drug-likeness (QED) is 0.111. The zero-order valence-electron chi connectivity index (χ0n) is 36.5. The number of nitrogens with one attached hydrogen (secondary N) is 4. The van der Waals surface area contributed by atoms with Gasteiger partial charge in [0.1, 0.15) is 83.4 Å². The highest BCUT2D eigenvalue weighted by atomic mass is 16.7. The lowest BCUT2D eigenvalue weighted by molar-refractivity contribution is -0.360. The van der Waals surface area contributed by atoms with Gasteiger partial charge in [0.15, 0.2) is 25.0 Å². The van der Waals surface area contributed by atoms with Crippen molar-refractivity contribution < 1.29 is 97.6 Å². The molecule has 354 valence electrons. The molecule has 3 heterocycles. The molecule has 4 amide bonds. The molecule has 0 radical (unpaired) electrons. The number of carbonyl (C=O) groups excluding carboxylic acids is 4. The van der Waals surface area contributed by atoms with Crippen LogP contribution in [-0.4, -0.2) is 188 Å². The fourth-order valence-electron chi connectivity index (χ4n) is 6.06. The molecule has 0 spiro atoms. The lowest BCUT2D eigenvalue weighted by Crippen LogP contribution is -2.71. The first kappa shape index (κ1) is 51.9. The highest BCUT2D eigenvalue weighted by molar-refractivity contribution is 5.69. The first-order valence-electron chi connectivity index (χ1n) is 19.7. The molecule has 0 aromatic carbocycles. The van der Waals surface area contributed by atoms with Crippen LogP contribution in [-0.2, 0) is 42.6 Å². The van der Waals surface area contributed by atoms with E-state index >= 15 is 0 Å². The second-order valence-corrected chi connectivity index (χ2v) is 18.7. The molecule has 61 heavy (non-hydrogen) atoms. The number of aliphatic hydroxyl groups excluding tert-OH is 7. The van der Waals surface area contributed by atoms with Crippen LogP contribution in [0.3, 0.4) is 0 Å². The van der Waals surface area contributed by atoms with Crippen molar-refractivity contribution in [2.45, 2.75) is 198 Å². The van der Waals surface area contributed by atoms with Crippen molar-refractivity contribution in [1.82, 2.24) is 21.3 Å². The first-order chi connectivity index (χ1) is 27.8. The Labute approximate surface area is 353 Å². The molecular weight excluding hydrogens is 820 g/mol. The number of ether oxygens (including phenoxy) is 9. The van der Waals surface area contributed by atoms with Gasteiger partial charge in [-0.25, -0.2) is 19.2 Å². The van der Waals surface area contributed by atoms with Crippen LogP contribution >= 0.6 is 0 Å². The van der Waals surface area contributed by atoms with Crippen molar-refractivity contribution >= 4 is 24.4 Å². The minimum atomic E-state index is -2.13. The smallest absolute Gasteiger partial charge is 0.409 e. The Bertz CT molecular complexity index is 1480. The van der Waals surface area contributed by atoms with Crippen molar-refractivity contribution in [2.75, 3.05) is 13.2 Å². The summed E-state index contributed by atoms with van der Waals surface area (Å²) in [5.74, 6) is 0. The van der Waals surface area contributed by atoms with Gasteiger partial charge in [0, 0.05) is 6.54 Å². The second kappa shape index (κ2) is 20.4. The Balaban J connectivity index is 2.05. The first-order valence-corrected chi connectivity index (χ1v) is 19.7. The molecule has 3 saturated heterocycles. The summed E-state index contributed by atoms with van der Waals surface area (Å²) in [6.07, 6.45) is -30.3. The summed E-state index contributed by atoms with van der Waals surface area (Å²) in [6, 6.07) is -1.62. The minimum absolute atomic E-state index is 0.482. The van der Waals surface area contributed by atoms with E-state index in [0.29, 0.717) is 0 Å². The maximum absolute atomic E-state index is 13.2. The van der Waals surface area contributed by atoms with E-state index in [0.717, 1.165) is 0 Å². The van der Waals surface area contributed by atoms with Crippen LogP contribution in [0.25, 0.3) is 0 Å². The molecule has 0 aromatic rings. The number of aliphatic hydroxyl groups is 7. The Morgan fingerprint density at radius 3 is 1.30 bits per heavy atom. The molecule has 3 fully saturated rings. The fraction of sp³-hybridized carbons (Fsp3) is 0.892. The molecule has 0 aromatic heterocycles. The van der Waals surface area contributed by atoms with E-state index in [-0.39, 0.29) is 0 Å². The molecule has 15 atom stereocenters. The molecule has 3 aliphatic heterocycles. The molecule has 24 heteroatoms. The standard InChI is InChI=1S/C37H66N4O20/c1-34(2,3)58-30(49)38-13-15-19(44)21(46)22(47)29(53-15)56-25-23(48)24(26(40-32(51)60-36(7,8)9)57-27(25)41-33(52)61-37(10,11)12)55-28-20(45)17(18(43)16(14-42)54-28)39-31(50)59-35(4,5)6/h15-29,42-48H,13-14H2,1-12H3,(H,38,49)(H,39,50)(H,40,51)(H,41,52)/t15?,16?,17-,18-,19-,20?,21+,22?,23?,24+,25+,26-,27?,28-,29-/m1/s1. The number of amides is 4. The van der Waals surface area contributed by atoms with E-state index in [1.54, 1.807) is 83.1 Å². The minimum Gasteiger partial charge on any atom is -0.444 e. The maximum atomic E-state index is 13.2. The Morgan fingerprint density at radius 2 is 0.869 bits per heavy atom. The molecular formula is C37H66N4O20. The Kier molecular flexibility index (Phi) is 17.4. The van der Waals surface area contributed by atoms with Gasteiger partial charge in [0.25, 0.3) is 0 Å². The molecule has 0 bridgehead atoms. The number of hydrogen-bond donors (Lipinski definition) is 11. The summed E-state index contributed by atoms with van der Waals surface area (Å²) in [4.78, 5) is 51.4. The van der Waals surface area contributed by atoms with Gasteiger partial charge in [-0.1, -0.05) is 0 Å². The van der Waals surface area contributed by atoms with Crippen molar-refractivity contribution in [3.8, 4) is 0 Å². The number of carbonyl (C=O) groups is 4. The van der Waals surface area contributed by atoms with Gasteiger partial charge >= 0.3 is 24.4 Å². The van der Waals surface area contributed by atoms with Crippen LogP contribution in [0.1, 0.15) is 83.1 Å². The molecule has 6 unspecified atom stereocenters.